The summed E-state index contributed by atoms with van der Waals surface area (Å²) in [7, 11) is 4.20. The highest BCUT2D eigenvalue weighted by Gasteiger charge is 2.47. The van der Waals surface area contributed by atoms with Gasteiger partial charge < -0.3 is 10.2 Å². The quantitative estimate of drug-likeness (QED) is 0.0776. The number of hydrogen-bond donors (Lipinski definition) is 1. The van der Waals surface area contributed by atoms with Crippen molar-refractivity contribution in [2.75, 3.05) is 24.3 Å². The molecule has 1 aliphatic rings. The number of fused-ring (bicyclic) bond motifs is 4. The Balaban J connectivity index is 1.07. The molecule has 1 aliphatic heterocycles. The summed E-state index contributed by atoms with van der Waals surface area (Å²) in [6, 6.07) is 72.0. The Morgan fingerprint density at radius 3 is 1.66 bits per heavy atom. The van der Waals surface area contributed by atoms with Crippen LogP contribution in [0.15, 0.2) is 266 Å². The van der Waals surface area contributed by atoms with Crippen LogP contribution in [0.3, 0.4) is 0 Å². The predicted molar refractivity (Wildman–Crippen MR) is 288 cm³/mol. The van der Waals surface area contributed by atoms with Crippen LogP contribution >= 0.6 is 0 Å². The van der Waals surface area contributed by atoms with Gasteiger partial charge in [0.25, 0.3) is 0 Å². The highest BCUT2D eigenvalue weighted by Crippen LogP contribution is 2.54. The Bertz CT molecular complexity index is 3160. The smallest absolute Gasteiger partial charge is 0.0991 e. The minimum atomic E-state index is -0.522. The van der Waals surface area contributed by atoms with Crippen molar-refractivity contribution in [3.05, 3.63) is 300 Å². The third kappa shape index (κ3) is 9.28. The molecule has 8 aromatic carbocycles. The first-order chi connectivity index (χ1) is 33.4. The third-order valence-electron chi connectivity index (χ3n) is 13.7. The summed E-state index contributed by atoms with van der Waals surface area (Å²) in [4.78, 5) is 2.37. The molecule has 0 saturated heterocycles. The number of rotatable bonds is 16. The van der Waals surface area contributed by atoms with Crippen LogP contribution in [0.2, 0.25) is 0 Å². The van der Waals surface area contributed by atoms with Crippen molar-refractivity contribution in [3.63, 3.8) is 0 Å². The topological polar surface area (TPSA) is 39.1 Å². The highest BCUT2D eigenvalue weighted by atomic mass is 15.2. The number of benzene rings is 8. The molecular weight excluding hydrogens is 823 g/mol. The van der Waals surface area contributed by atoms with Gasteiger partial charge in [-0.25, -0.2) is 0 Å². The lowest BCUT2D eigenvalue weighted by molar-refractivity contribution is 0.511. The lowest BCUT2D eigenvalue weighted by Crippen LogP contribution is -2.34. The third-order valence-corrected chi connectivity index (χ3v) is 13.7. The molecule has 0 atom stereocenters. The molecule has 0 fully saturated rings. The molecule has 0 aliphatic carbocycles. The number of nitrogens with zero attached hydrogens (tertiary/aromatic N) is 2. The van der Waals surface area contributed by atoms with Crippen molar-refractivity contribution >= 4 is 32.9 Å². The Labute approximate surface area is 402 Å². The predicted octanol–water partition coefficient (Wildman–Crippen LogP) is 15.2. The van der Waals surface area contributed by atoms with Gasteiger partial charge in [-0.2, -0.15) is 5.26 Å². The molecule has 0 amide bonds. The SMILES string of the molecule is C=C(/C=C/C=C/C(C#N)=C/C=C/C=C1/N(C)c2ccc3ccccc3c2C1(Cc1ccccc1)Cc1ccccc1)C(Cc1ccccc1)(Cc1ccccc1)c1c(NC)ccc2ccccc12. The monoisotopic (exact) mass is 879 g/mol. The normalized spacial score (nSPS) is 14.3. The van der Waals surface area contributed by atoms with Crippen molar-refractivity contribution in [1.82, 2.24) is 0 Å². The number of nitrogens with one attached hydrogen (secondary N) is 1. The number of hydrogen-bond acceptors (Lipinski definition) is 3. The van der Waals surface area contributed by atoms with Crippen LogP contribution in [-0.4, -0.2) is 14.1 Å². The Kier molecular flexibility index (Phi) is 13.6. The van der Waals surface area contributed by atoms with Gasteiger partial charge in [0, 0.05) is 42.0 Å². The van der Waals surface area contributed by atoms with Gasteiger partial charge in [0.1, 0.15) is 0 Å². The summed E-state index contributed by atoms with van der Waals surface area (Å²) in [6.07, 6.45) is 19.4. The zero-order valence-corrected chi connectivity index (χ0v) is 39.0. The molecule has 0 bridgehead atoms. The molecule has 1 N–H and O–H groups in total. The Morgan fingerprint density at radius 1 is 0.588 bits per heavy atom. The molecule has 8 aromatic rings. The molecule has 1 heterocycles. The maximum Gasteiger partial charge on any atom is 0.0991 e. The van der Waals surface area contributed by atoms with E-state index < -0.39 is 5.41 Å². The molecule has 68 heavy (non-hydrogen) atoms. The minimum Gasteiger partial charge on any atom is -0.388 e. The van der Waals surface area contributed by atoms with Crippen LogP contribution in [0, 0.1) is 11.3 Å². The standard InChI is InChI=1S/C65H57N3/c1-49(64(44-50-25-8-4-9-26-50,45-51-27-10-5-11-28-51)62-57-37-21-19-35-55(57)40-42-59(62)67-2)24-16-17-33-54(48-66)34-18-23-39-61-65(46-52-29-12-6-13-30-52,47-53-31-14-7-15-32-53)63-58-38-22-20-36-56(58)41-43-60(63)68(61)3/h4-43,67H,1,44-47H2,2-3H3/b23-18+,24-16+,33-17+,54-34-,61-39+. The summed E-state index contributed by atoms with van der Waals surface area (Å²) in [5.41, 5.74) is 11.8. The molecule has 0 saturated carbocycles. The van der Waals surface area contributed by atoms with Gasteiger partial charge in [-0.15, -0.1) is 0 Å². The zero-order chi connectivity index (χ0) is 46.8. The van der Waals surface area contributed by atoms with Gasteiger partial charge >= 0.3 is 0 Å². The van der Waals surface area contributed by atoms with E-state index in [2.05, 4.69) is 236 Å². The summed E-state index contributed by atoms with van der Waals surface area (Å²) >= 11 is 0. The first-order valence-electron chi connectivity index (χ1n) is 23.6. The summed E-state index contributed by atoms with van der Waals surface area (Å²) < 4.78 is 0. The van der Waals surface area contributed by atoms with Crippen molar-refractivity contribution in [1.29, 1.82) is 5.26 Å². The summed E-state index contributed by atoms with van der Waals surface area (Å²) in [5.74, 6) is 0. The van der Waals surface area contributed by atoms with E-state index in [1.165, 1.54) is 66.3 Å². The van der Waals surface area contributed by atoms with Crippen LogP contribution in [0.25, 0.3) is 21.5 Å². The second kappa shape index (κ2) is 20.5. The van der Waals surface area contributed by atoms with Crippen LogP contribution in [0.1, 0.15) is 33.4 Å². The van der Waals surface area contributed by atoms with Crippen LogP contribution in [0.4, 0.5) is 11.4 Å². The van der Waals surface area contributed by atoms with Crippen molar-refractivity contribution in [2.24, 2.45) is 0 Å². The lowest BCUT2D eigenvalue weighted by atomic mass is 9.65. The highest BCUT2D eigenvalue weighted by molar-refractivity contribution is 5.95. The fourth-order valence-corrected chi connectivity index (χ4v) is 10.6. The van der Waals surface area contributed by atoms with E-state index in [9.17, 15) is 5.26 Å². The molecule has 0 spiro atoms. The molecule has 332 valence electrons. The number of likely N-dealkylation sites (N-methyl/N-ethyl adjacent to an activating group) is 1. The van der Waals surface area contributed by atoms with Gasteiger partial charge in [-0.05, 0) is 117 Å². The van der Waals surface area contributed by atoms with Crippen molar-refractivity contribution < 1.29 is 0 Å². The first kappa shape index (κ1) is 45.0. The second-order valence-electron chi connectivity index (χ2n) is 17.9. The lowest BCUT2D eigenvalue weighted by Gasteiger charge is -2.38. The van der Waals surface area contributed by atoms with Crippen LogP contribution in [0.5, 0.6) is 0 Å². The number of allylic oxidation sites excluding steroid dienone is 11. The van der Waals surface area contributed by atoms with Gasteiger partial charge in [0.15, 0.2) is 0 Å². The van der Waals surface area contributed by atoms with E-state index in [1.54, 1.807) is 0 Å². The van der Waals surface area contributed by atoms with Crippen LogP contribution in [-0.2, 0) is 36.5 Å². The minimum absolute atomic E-state index is 0.358. The molecule has 3 nitrogen and oxygen atoms in total. The van der Waals surface area contributed by atoms with Crippen molar-refractivity contribution in [2.45, 2.75) is 36.5 Å². The number of nitriles is 1. The van der Waals surface area contributed by atoms with E-state index in [0.29, 0.717) is 5.57 Å². The van der Waals surface area contributed by atoms with E-state index >= 15 is 0 Å². The van der Waals surface area contributed by atoms with Crippen LogP contribution < -0.4 is 10.2 Å². The summed E-state index contributed by atoms with van der Waals surface area (Å²) in [5, 5.41) is 18.9. The second-order valence-corrected chi connectivity index (χ2v) is 17.9. The van der Waals surface area contributed by atoms with E-state index in [1.807, 2.05) is 37.4 Å². The van der Waals surface area contributed by atoms with E-state index in [-0.39, 0.29) is 5.41 Å². The zero-order valence-electron chi connectivity index (χ0n) is 39.0. The summed E-state index contributed by atoms with van der Waals surface area (Å²) in [6.45, 7) is 4.87. The first-order valence-corrected chi connectivity index (χ1v) is 23.6. The van der Waals surface area contributed by atoms with Gasteiger partial charge in [0.05, 0.1) is 11.6 Å². The van der Waals surface area contributed by atoms with Gasteiger partial charge in [-0.3, -0.25) is 0 Å². The van der Waals surface area contributed by atoms with Gasteiger partial charge in [-0.1, -0.05) is 219 Å². The van der Waals surface area contributed by atoms with E-state index in [0.717, 1.165) is 36.9 Å². The Morgan fingerprint density at radius 2 is 1.09 bits per heavy atom. The van der Waals surface area contributed by atoms with Gasteiger partial charge in [0.2, 0.25) is 0 Å². The fourth-order valence-electron chi connectivity index (χ4n) is 10.6. The largest absolute Gasteiger partial charge is 0.388 e. The fraction of sp³-hybridized carbons (Fsp3) is 0.123. The molecule has 3 heteroatoms. The molecule has 0 radical (unpaired) electrons. The van der Waals surface area contributed by atoms with Crippen molar-refractivity contribution in [3.8, 4) is 6.07 Å². The average Bonchev–Trinajstić information content (AvgIpc) is 3.61. The van der Waals surface area contributed by atoms with E-state index in [4.69, 9.17) is 6.58 Å². The molecule has 9 rings (SSSR count). The molecule has 0 aromatic heterocycles. The maximum absolute atomic E-state index is 10.4. The number of anilines is 2. The average molecular weight is 880 g/mol. The maximum atomic E-state index is 10.4. The molecular formula is C65H57N3. The Hall–Kier alpha value is -8.19. The molecule has 0 unspecified atom stereocenters.